The van der Waals surface area contributed by atoms with Crippen LogP contribution in [0.25, 0.3) is 0 Å². The van der Waals surface area contributed by atoms with Crippen molar-refractivity contribution in [1.82, 2.24) is 25.0 Å². The molecule has 2 aromatic heterocycles. The molecule has 2 amide bonds. The molecule has 0 unspecified atom stereocenters. The molecule has 0 atom stereocenters. The van der Waals surface area contributed by atoms with E-state index in [4.69, 9.17) is 0 Å². The van der Waals surface area contributed by atoms with Crippen LogP contribution in [0, 0.1) is 6.92 Å². The van der Waals surface area contributed by atoms with Crippen molar-refractivity contribution >= 4 is 45.7 Å². The number of nitrogens with one attached hydrogen (secondary N) is 2. The zero-order chi connectivity index (χ0) is 19.2. The standard InChI is InChI=1S/C16H17N7O2S2/c1-10-5-3-4-6-11(10)18-13(24)7-12-20-22-16(23(12)2)26-8-14(25)19-15-21-17-9-27-15/h3-6,9H,7-8H2,1-2H3,(H,18,24)(H,19,21,25). The Labute approximate surface area is 163 Å². The summed E-state index contributed by atoms with van der Waals surface area (Å²) < 4.78 is 1.71. The van der Waals surface area contributed by atoms with Gasteiger partial charge >= 0.3 is 0 Å². The highest BCUT2D eigenvalue weighted by molar-refractivity contribution is 7.99. The van der Waals surface area contributed by atoms with E-state index in [0.717, 1.165) is 11.3 Å². The topological polar surface area (TPSA) is 115 Å². The van der Waals surface area contributed by atoms with Crippen molar-refractivity contribution in [3.8, 4) is 0 Å². The molecule has 0 saturated heterocycles. The van der Waals surface area contributed by atoms with Crippen LogP contribution in [0.5, 0.6) is 0 Å². The first kappa shape index (κ1) is 19.0. The number of para-hydroxylation sites is 1. The van der Waals surface area contributed by atoms with Gasteiger partial charge in [-0.25, -0.2) is 0 Å². The largest absolute Gasteiger partial charge is 0.325 e. The number of nitrogens with zero attached hydrogens (tertiary/aromatic N) is 5. The van der Waals surface area contributed by atoms with Crippen LogP contribution < -0.4 is 10.6 Å². The summed E-state index contributed by atoms with van der Waals surface area (Å²) in [5, 5.41) is 22.0. The monoisotopic (exact) mass is 403 g/mol. The molecule has 0 bridgehead atoms. The Balaban J connectivity index is 1.54. The molecule has 27 heavy (non-hydrogen) atoms. The second-order valence-electron chi connectivity index (χ2n) is 5.58. The summed E-state index contributed by atoms with van der Waals surface area (Å²) in [7, 11) is 1.77. The number of benzene rings is 1. The van der Waals surface area contributed by atoms with Crippen LogP contribution >= 0.6 is 23.1 Å². The van der Waals surface area contributed by atoms with E-state index in [1.165, 1.54) is 23.1 Å². The number of hydrogen-bond donors (Lipinski definition) is 2. The number of amides is 2. The van der Waals surface area contributed by atoms with Gasteiger partial charge in [0.15, 0.2) is 5.16 Å². The zero-order valence-electron chi connectivity index (χ0n) is 14.7. The number of rotatable bonds is 7. The molecular weight excluding hydrogens is 386 g/mol. The van der Waals surface area contributed by atoms with Crippen LogP contribution in [-0.2, 0) is 23.1 Å². The Hall–Kier alpha value is -2.79. The van der Waals surface area contributed by atoms with Gasteiger partial charge in [0.2, 0.25) is 16.9 Å². The number of hydrogen-bond acceptors (Lipinski definition) is 8. The van der Waals surface area contributed by atoms with Gasteiger partial charge in [-0.05, 0) is 18.6 Å². The van der Waals surface area contributed by atoms with Gasteiger partial charge in [-0.1, -0.05) is 41.3 Å². The van der Waals surface area contributed by atoms with Gasteiger partial charge in [0.05, 0.1) is 12.2 Å². The first-order chi connectivity index (χ1) is 13.0. The van der Waals surface area contributed by atoms with Crippen LogP contribution in [0.2, 0.25) is 0 Å². The third-order valence-electron chi connectivity index (χ3n) is 3.60. The number of aromatic nitrogens is 5. The lowest BCUT2D eigenvalue weighted by atomic mass is 10.2. The van der Waals surface area contributed by atoms with Crippen molar-refractivity contribution in [3.63, 3.8) is 0 Å². The van der Waals surface area contributed by atoms with Gasteiger partial charge in [0.1, 0.15) is 11.3 Å². The van der Waals surface area contributed by atoms with Crippen molar-refractivity contribution < 1.29 is 9.59 Å². The van der Waals surface area contributed by atoms with E-state index in [1.54, 1.807) is 17.1 Å². The first-order valence-electron chi connectivity index (χ1n) is 7.95. The Bertz CT molecular complexity index is 940. The second-order valence-corrected chi connectivity index (χ2v) is 7.35. The molecule has 2 N–H and O–H groups in total. The summed E-state index contributed by atoms with van der Waals surface area (Å²) in [6.07, 6.45) is 0.0926. The summed E-state index contributed by atoms with van der Waals surface area (Å²) in [5.74, 6) is 0.290. The summed E-state index contributed by atoms with van der Waals surface area (Å²) >= 11 is 2.48. The lowest BCUT2D eigenvalue weighted by Crippen LogP contribution is -2.17. The van der Waals surface area contributed by atoms with E-state index in [9.17, 15) is 9.59 Å². The predicted octanol–water partition coefficient (Wildman–Crippen LogP) is 1.89. The van der Waals surface area contributed by atoms with Crippen LogP contribution in [0.15, 0.2) is 34.9 Å². The molecule has 0 fully saturated rings. The minimum Gasteiger partial charge on any atom is -0.325 e. The first-order valence-corrected chi connectivity index (χ1v) is 9.82. The lowest BCUT2D eigenvalue weighted by molar-refractivity contribution is -0.116. The van der Waals surface area contributed by atoms with Gasteiger partial charge in [-0.2, -0.15) is 0 Å². The Morgan fingerprint density at radius 3 is 2.70 bits per heavy atom. The number of anilines is 2. The Morgan fingerprint density at radius 1 is 1.15 bits per heavy atom. The molecule has 9 nitrogen and oxygen atoms in total. The van der Waals surface area contributed by atoms with E-state index < -0.39 is 0 Å². The van der Waals surface area contributed by atoms with Crippen molar-refractivity contribution in [2.45, 2.75) is 18.5 Å². The second kappa shape index (κ2) is 8.73. The average molecular weight is 403 g/mol. The van der Waals surface area contributed by atoms with E-state index in [0.29, 0.717) is 16.1 Å². The van der Waals surface area contributed by atoms with Gasteiger partial charge < -0.3 is 9.88 Å². The van der Waals surface area contributed by atoms with Crippen molar-refractivity contribution in [1.29, 1.82) is 0 Å². The number of carbonyl (C=O) groups excluding carboxylic acids is 2. The maximum atomic E-state index is 12.3. The Kier molecular flexibility index (Phi) is 6.14. The van der Waals surface area contributed by atoms with Crippen LogP contribution in [0.4, 0.5) is 10.8 Å². The molecule has 0 aliphatic rings. The fraction of sp³-hybridized carbons (Fsp3) is 0.250. The maximum absolute atomic E-state index is 12.3. The van der Waals surface area contributed by atoms with E-state index in [-0.39, 0.29) is 24.0 Å². The molecule has 11 heteroatoms. The normalized spacial score (nSPS) is 10.6. The molecule has 3 rings (SSSR count). The summed E-state index contributed by atoms with van der Waals surface area (Å²) in [6, 6.07) is 7.56. The third kappa shape index (κ3) is 5.11. The fourth-order valence-corrected chi connectivity index (χ4v) is 3.38. The Morgan fingerprint density at radius 2 is 1.96 bits per heavy atom. The van der Waals surface area contributed by atoms with Crippen molar-refractivity contribution in [2.24, 2.45) is 7.05 Å². The molecule has 0 spiro atoms. The summed E-state index contributed by atoms with van der Waals surface area (Å²) in [6.45, 7) is 1.93. The summed E-state index contributed by atoms with van der Waals surface area (Å²) in [4.78, 5) is 24.2. The predicted molar refractivity (Wildman–Crippen MR) is 104 cm³/mol. The summed E-state index contributed by atoms with van der Waals surface area (Å²) in [5.41, 5.74) is 3.30. The van der Waals surface area contributed by atoms with Gasteiger partial charge in [-0.15, -0.1) is 20.4 Å². The number of aryl methyl sites for hydroxylation is 1. The van der Waals surface area contributed by atoms with Crippen molar-refractivity contribution in [2.75, 3.05) is 16.4 Å². The molecule has 3 aromatic rings. The smallest absolute Gasteiger partial charge is 0.236 e. The van der Waals surface area contributed by atoms with Gasteiger partial charge in [0.25, 0.3) is 0 Å². The van der Waals surface area contributed by atoms with E-state index in [1.807, 2.05) is 31.2 Å². The highest BCUT2D eigenvalue weighted by atomic mass is 32.2. The van der Waals surface area contributed by atoms with Crippen LogP contribution in [-0.4, -0.2) is 42.5 Å². The fourth-order valence-electron chi connectivity index (χ4n) is 2.19. The quantitative estimate of drug-likeness (QED) is 0.579. The van der Waals surface area contributed by atoms with Crippen LogP contribution in [0.1, 0.15) is 11.4 Å². The SMILES string of the molecule is Cc1ccccc1NC(=O)Cc1nnc(SCC(=O)Nc2nncs2)n1C. The maximum Gasteiger partial charge on any atom is 0.236 e. The number of carbonyl (C=O) groups is 2. The average Bonchev–Trinajstić information content (AvgIpc) is 3.26. The minimum atomic E-state index is -0.210. The molecule has 0 radical (unpaired) electrons. The molecule has 0 saturated carbocycles. The lowest BCUT2D eigenvalue weighted by Gasteiger charge is -2.08. The zero-order valence-corrected chi connectivity index (χ0v) is 16.3. The van der Waals surface area contributed by atoms with E-state index in [2.05, 4.69) is 31.0 Å². The molecule has 140 valence electrons. The van der Waals surface area contributed by atoms with E-state index >= 15 is 0 Å². The highest BCUT2D eigenvalue weighted by Crippen LogP contribution is 2.18. The van der Waals surface area contributed by atoms with Crippen molar-refractivity contribution in [3.05, 3.63) is 41.2 Å². The minimum absolute atomic E-state index is 0.0926. The molecule has 0 aliphatic carbocycles. The third-order valence-corrected chi connectivity index (χ3v) is 5.23. The van der Waals surface area contributed by atoms with Gasteiger partial charge in [0, 0.05) is 12.7 Å². The molecule has 0 aliphatic heterocycles. The number of thioether (sulfide) groups is 1. The van der Waals surface area contributed by atoms with Gasteiger partial charge in [-0.3, -0.25) is 14.9 Å². The molecule has 2 heterocycles. The highest BCUT2D eigenvalue weighted by Gasteiger charge is 2.15. The molecule has 1 aromatic carbocycles. The van der Waals surface area contributed by atoms with Crippen LogP contribution in [0.3, 0.4) is 0 Å². The molecular formula is C16H17N7O2S2.